The van der Waals surface area contributed by atoms with Crippen molar-refractivity contribution in [2.24, 2.45) is 9.98 Å². The Kier molecular flexibility index (Phi) is 4.89. The fraction of sp³-hybridized carbons (Fsp3) is 0.350. The van der Waals surface area contributed by atoms with Gasteiger partial charge in [0.1, 0.15) is 11.7 Å². The quantitative estimate of drug-likeness (QED) is 0.825. The number of aromatic nitrogens is 2. The molecule has 2 aliphatic rings. The molecule has 2 aromatic rings. The van der Waals surface area contributed by atoms with Crippen molar-refractivity contribution in [2.75, 3.05) is 26.2 Å². The van der Waals surface area contributed by atoms with Crippen LogP contribution in [0.3, 0.4) is 0 Å². The fourth-order valence-corrected chi connectivity index (χ4v) is 3.51. The highest BCUT2D eigenvalue weighted by atomic mass is 16.2. The van der Waals surface area contributed by atoms with Crippen molar-refractivity contribution >= 4 is 34.8 Å². The number of nitriles is 1. The lowest BCUT2D eigenvalue weighted by molar-refractivity contribution is -0.128. The molecule has 28 heavy (non-hydrogen) atoms. The van der Waals surface area contributed by atoms with E-state index in [9.17, 15) is 10.1 Å². The lowest BCUT2D eigenvalue weighted by atomic mass is 10.1. The predicted octanol–water partition coefficient (Wildman–Crippen LogP) is 2.16. The van der Waals surface area contributed by atoms with Crippen LogP contribution < -0.4 is 0 Å². The van der Waals surface area contributed by atoms with Crippen molar-refractivity contribution in [3.05, 3.63) is 35.7 Å². The molecule has 0 radical (unpaired) electrons. The number of rotatable bonds is 1. The second-order valence-corrected chi connectivity index (χ2v) is 6.83. The Morgan fingerprint density at radius 1 is 1.29 bits per heavy atom. The lowest BCUT2D eigenvalue weighted by Crippen LogP contribution is -2.36. The number of carbonyl (C=O) groups is 1. The van der Waals surface area contributed by atoms with Crippen molar-refractivity contribution < 1.29 is 4.79 Å². The number of hydrogen-bond acceptors (Lipinski definition) is 6. The Labute approximate surface area is 162 Å². The minimum Gasteiger partial charge on any atom is -0.345 e. The molecule has 0 aliphatic carbocycles. The van der Waals surface area contributed by atoms with Gasteiger partial charge in [-0.1, -0.05) is 6.08 Å². The Hall–Kier alpha value is -3.47. The normalized spacial score (nSPS) is 17.6. The molecule has 1 fully saturated rings. The lowest BCUT2D eigenvalue weighted by Gasteiger charge is -2.22. The molecule has 0 atom stereocenters. The maximum Gasteiger partial charge on any atom is 0.225 e. The highest BCUT2D eigenvalue weighted by Gasteiger charge is 2.20. The first-order valence-corrected chi connectivity index (χ1v) is 9.35. The van der Waals surface area contributed by atoms with Crippen LogP contribution in [0.25, 0.3) is 16.7 Å². The number of hydrogen-bond donors (Lipinski definition) is 1. The van der Waals surface area contributed by atoms with Crippen LogP contribution in [0.15, 0.2) is 34.5 Å². The number of fused-ring (bicyclic) bond motifs is 1. The first kappa shape index (κ1) is 17.9. The Morgan fingerprint density at radius 3 is 3.00 bits per heavy atom. The van der Waals surface area contributed by atoms with Crippen molar-refractivity contribution in [2.45, 2.75) is 19.8 Å². The van der Waals surface area contributed by atoms with Gasteiger partial charge in [-0.15, -0.1) is 0 Å². The van der Waals surface area contributed by atoms with E-state index in [1.54, 1.807) is 13.1 Å². The van der Waals surface area contributed by atoms with Crippen LogP contribution in [0.2, 0.25) is 0 Å². The van der Waals surface area contributed by atoms with E-state index in [1.165, 1.54) is 0 Å². The number of pyridine rings is 1. The smallest absolute Gasteiger partial charge is 0.225 e. The minimum absolute atomic E-state index is 0.105. The predicted molar refractivity (Wildman–Crippen MR) is 108 cm³/mol. The van der Waals surface area contributed by atoms with E-state index in [1.807, 2.05) is 29.5 Å². The first-order valence-electron chi connectivity index (χ1n) is 9.35. The molecule has 2 aliphatic heterocycles. The molecule has 2 aromatic heterocycles. The van der Waals surface area contributed by atoms with E-state index in [0.717, 1.165) is 41.8 Å². The number of nitrogens with zero attached hydrogens (tertiary/aromatic N) is 6. The molecule has 8 nitrogen and oxygen atoms in total. The van der Waals surface area contributed by atoms with Crippen molar-refractivity contribution in [1.82, 2.24) is 19.8 Å². The van der Waals surface area contributed by atoms with Crippen LogP contribution in [0.4, 0.5) is 0 Å². The average Bonchev–Trinajstić information content (AvgIpc) is 2.88. The van der Waals surface area contributed by atoms with Gasteiger partial charge in [0.25, 0.3) is 0 Å². The maximum absolute atomic E-state index is 11.7. The standard InChI is InChI=1S/C20H21N7O/c1-14(28)26-6-3-7-27(9-8-26)20-22-5-2-4-18(25-20)17-13-24-19-16(17)10-15(11-21)12-23-19/h4-5,10,12-13H,2-3,6-9H2,1H3,(H,23,24). The van der Waals surface area contributed by atoms with Crippen LogP contribution in [0.5, 0.6) is 0 Å². The summed E-state index contributed by atoms with van der Waals surface area (Å²) < 4.78 is 0. The van der Waals surface area contributed by atoms with Gasteiger partial charge in [-0.25, -0.2) is 15.0 Å². The van der Waals surface area contributed by atoms with Crippen LogP contribution in [-0.4, -0.2) is 64.0 Å². The fourth-order valence-electron chi connectivity index (χ4n) is 3.51. The van der Waals surface area contributed by atoms with Gasteiger partial charge in [-0.2, -0.15) is 5.26 Å². The molecule has 1 saturated heterocycles. The molecule has 0 aromatic carbocycles. The molecule has 142 valence electrons. The van der Waals surface area contributed by atoms with Gasteiger partial charge in [0.2, 0.25) is 11.9 Å². The van der Waals surface area contributed by atoms with Crippen molar-refractivity contribution in [3.8, 4) is 6.07 Å². The van der Waals surface area contributed by atoms with Gasteiger partial charge in [0.15, 0.2) is 0 Å². The Bertz CT molecular complexity index is 1040. The number of H-pyrrole nitrogens is 1. The summed E-state index contributed by atoms with van der Waals surface area (Å²) in [4.78, 5) is 32.5. The third-order valence-corrected chi connectivity index (χ3v) is 5.00. The van der Waals surface area contributed by atoms with E-state index in [4.69, 9.17) is 4.99 Å². The zero-order chi connectivity index (χ0) is 19.5. The van der Waals surface area contributed by atoms with E-state index in [-0.39, 0.29) is 5.91 Å². The molecule has 1 amide bonds. The van der Waals surface area contributed by atoms with E-state index >= 15 is 0 Å². The van der Waals surface area contributed by atoms with E-state index in [0.29, 0.717) is 31.0 Å². The van der Waals surface area contributed by atoms with E-state index in [2.05, 4.69) is 25.9 Å². The van der Waals surface area contributed by atoms with Crippen LogP contribution in [0, 0.1) is 11.3 Å². The summed E-state index contributed by atoms with van der Waals surface area (Å²) >= 11 is 0. The molecule has 0 spiro atoms. The largest absolute Gasteiger partial charge is 0.345 e. The molecule has 1 N–H and O–H groups in total. The number of guanidine groups is 1. The number of amides is 1. The second kappa shape index (κ2) is 7.64. The highest BCUT2D eigenvalue weighted by molar-refractivity contribution is 5.98. The summed E-state index contributed by atoms with van der Waals surface area (Å²) in [5.74, 6) is 0.765. The van der Waals surface area contributed by atoms with Gasteiger partial charge in [0, 0.05) is 69.1 Å². The van der Waals surface area contributed by atoms with Crippen molar-refractivity contribution in [3.63, 3.8) is 0 Å². The number of nitrogens with one attached hydrogen (secondary N) is 1. The first-order chi connectivity index (χ1) is 13.7. The van der Waals surface area contributed by atoms with Crippen molar-refractivity contribution in [1.29, 1.82) is 5.26 Å². The number of carbonyl (C=O) groups excluding carboxylic acids is 1. The number of aliphatic imine (C=N–C) groups is 2. The summed E-state index contributed by atoms with van der Waals surface area (Å²) in [6.45, 7) is 4.55. The summed E-state index contributed by atoms with van der Waals surface area (Å²) in [5.41, 5.74) is 2.95. The summed E-state index contributed by atoms with van der Waals surface area (Å²) in [5, 5.41) is 10.1. The third-order valence-electron chi connectivity index (χ3n) is 5.00. The average molecular weight is 375 g/mol. The molecular weight excluding hydrogens is 354 g/mol. The SMILES string of the molecule is CC(=O)N1CCCN(C2=NC(c3c[nH]c4ncc(C#N)cc34)=CCC=N2)CC1. The molecule has 0 saturated carbocycles. The van der Waals surface area contributed by atoms with E-state index < -0.39 is 0 Å². The van der Waals surface area contributed by atoms with Gasteiger partial charge in [0.05, 0.1) is 11.3 Å². The third kappa shape index (κ3) is 3.51. The molecule has 0 bridgehead atoms. The van der Waals surface area contributed by atoms with Gasteiger partial charge >= 0.3 is 0 Å². The monoisotopic (exact) mass is 375 g/mol. The number of allylic oxidation sites excluding steroid dienone is 1. The zero-order valence-corrected chi connectivity index (χ0v) is 15.7. The van der Waals surface area contributed by atoms with Crippen LogP contribution in [-0.2, 0) is 4.79 Å². The Balaban J connectivity index is 1.65. The summed E-state index contributed by atoms with van der Waals surface area (Å²) in [6, 6.07) is 3.96. The summed E-state index contributed by atoms with van der Waals surface area (Å²) in [6.07, 6.45) is 8.87. The summed E-state index contributed by atoms with van der Waals surface area (Å²) in [7, 11) is 0. The van der Waals surface area contributed by atoms with Gasteiger partial charge in [-0.3, -0.25) is 4.79 Å². The molecule has 0 unspecified atom stereocenters. The molecule has 4 heterocycles. The van der Waals surface area contributed by atoms with Crippen LogP contribution in [0.1, 0.15) is 30.9 Å². The second-order valence-electron chi connectivity index (χ2n) is 6.83. The molecular formula is C20H21N7O. The molecule has 8 heteroatoms. The molecule has 4 rings (SSSR count). The zero-order valence-electron chi connectivity index (χ0n) is 15.7. The van der Waals surface area contributed by atoms with Gasteiger partial charge in [-0.05, 0) is 12.5 Å². The van der Waals surface area contributed by atoms with Gasteiger partial charge < -0.3 is 14.8 Å². The Morgan fingerprint density at radius 2 is 2.18 bits per heavy atom. The number of aromatic amines is 1. The topological polar surface area (TPSA) is 101 Å². The maximum atomic E-state index is 11.7. The highest BCUT2D eigenvalue weighted by Crippen LogP contribution is 2.27. The minimum atomic E-state index is 0.105. The van der Waals surface area contributed by atoms with Crippen LogP contribution >= 0.6 is 0 Å².